The van der Waals surface area contributed by atoms with E-state index in [4.69, 9.17) is 21.7 Å². The molecule has 172 valence electrons. The van der Waals surface area contributed by atoms with Crippen molar-refractivity contribution in [2.45, 2.75) is 26.7 Å². The van der Waals surface area contributed by atoms with Gasteiger partial charge in [-0.2, -0.15) is 0 Å². The number of carboxylic acids is 1. The first kappa shape index (κ1) is 23.2. The summed E-state index contributed by atoms with van der Waals surface area (Å²) in [6.07, 6.45) is 0.805. The number of carboxylic acid groups (broad SMARTS) is 1. The number of amides is 1. The lowest BCUT2D eigenvalue weighted by molar-refractivity contribution is -0.137. The largest absolute Gasteiger partial charge is 0.481 e. The lowest BCUT2D eigenvalue weighted by Crippen LogP contribution is -2.48. The Labute approximate surface area is 198 Å². The van der Waals surface area contributed by atoms with Crippen molar-refractivity contribution in [3.63, 3.8) is 0 Å². The number of carbonyl (C=O) groups is 2. The van der Waals surface area contributed by atoms with Gasteiger partial charge in [0.1, 0.15) is 0 Å². The highest BCUT2D eigenvalue weighted by molar-refractivity contribution is 6.36. The van der Waals surface area contributed by atoms with Gasteiger partial charge < -0.3 is 10.0 Å². The molecule has 2 heterocycles. The number of fused-ring (bicyclic) bond motifs is 1. The van der Waals surface area contributed by atoms with E-state index >= 15 is 0 Å². The molecule has 3 aromatic rings. The fourth-order valence-corrected chi connectivity index (χ4v) is 4.51. The zero-order valence-electron chi connectivity index (χ0n) is 19.0. The lowest BCUT2D eigenvalue weighted by atomic mass is 10.0. The van der Waals surface area contributed by atoms with E-state index in [1.165, 1.54) is 5.56 Å². The van der Waals surface area contributed by atoms with Crippen molar-refractivity contribution in [3.05, 3.63) is 64.2 Å². The number of piperazine rings is 1. The quantitative estimate of drug-likeness (QED) is 0.566. The highest BCUT2D eigenvalue weighted by atomic mass is 35.5. The van der Waals surface area contributed by atoms with Crippen LogP contribution in [0.5, 0.6) is 0 Å². The molecule has 0 saturated carbocycles. The summed E-state index contributed by atoms with van der Waals surface area (Å²) in [5.74, 6) is -0.785. The van der Waals surface area contributed by atoms with Crippen LogP contribution >= 0.6 is 11.6 Å². The van der Waals surface area contributed by atoms with Gasteiger partial charge in [0, 0.05) is 49.1 Å². The number of carbonyl (C=O) groups excluding carboxylic acids is 1. The third kappa shape index (κ3) is 5.18. The molecule has 4 rings (SSSR count). The molecule has 1 fully saturated rings. The maximum atomic E-state index is 13.2. The predicted octanol–water partition coefficient (Wildman–Crippen LogP) is 4.79. The molecule has 33 heavy (non-hydrogen) atoms. The van der Waals surface area contributed by atoms with E-state index in [0.717, 1.165) is 41.8 Å². The minimum atomic E-state index is -0.769. The van der Waals surface area contributed by atoms with Gasteiger partial charge in [-0.1, -0.05) is 47.5 Å². The Morgan fingerprint density at radius 1 is 1.03 bits per heavy atom. The van der Waals surface area contributed by atoms with Crippen LogP contribution in [0.3, 0.4) is 0 Å². The monoisotopic (exact) mass is 465 g/mol. The Kier molecular flexibility index (Phi) is 6.96. The van der Waals surface area contributed by atoms with Gasteiger partial charge in [0.2, 0.25) is 0 Å². The molecule has 2 aromatic carbocycles. The zero-order chi connectivity index (χ0) is 23.5. The van der Waals surface area contributed by atoms with Crippen LogP contribution in [-0.4, -0.2) is 64.5 Å². The second-order valence-corrected chi connectivity index (χ2v) is 9.01. The number of aliphatic carboxylic acids is 1. The standard InChI is InChI=1S/C26H28ClN3O3/c1-17-5-7-19(8-6-17)25-18(2)24(27)21-10-9-20(16-22(21)28-25)26(33)30-14-12-29(13-15-30)11-3-4-23(31)32/h5-10,16H,3-4,11-15H2,1-2H3,(H,31,32). The van der Waals surface area contributed by atoms with Crippen molar-refractivity contribution in [1.29, 1.82) is 0 Å². The summed E-state index contributed by atoms with van der Waals surface area (Å²) < 4.78 is 0. The third-order valence-electron chi connectivity index (χ3n) is 6.25. The Morgan fingerprint density at radius 3 is 2.39 bits per heavy atom. The van der Waals surface area contributed by atoms with E-state index in [9.17, 15) is 9.59 Å². The average molecular weight is 466 g/mol. The summed E-state index contributed by atoms with van der Waals surface area (Å²) in [6.45, 7) is 7.51. The van der Waals surface area contributed by atoms with Gasteiger partial charge in [-0.05, 0) is 44.5 Å². The van der Waals surface area contributed by atoms with Crippen molar-refractivity contribution in [2.24, 2.45) is 0 Å². The first-order valence-corrected chi connectivity index (χ1v) is 11.6. The minimum absolute atomic E-state index is 0.0162. The van der Waals surface area contributed by atoms with Gasteiger partial charge in [-0.15, -0.1) is 0 Å². The molecule has 1 aliphatic heterocycles. The number of pyridine rings is 1. The van der Waals surface area contributed by atoms with Gasteiger partial charge in [0.25, 0.3) is 5.91 Å². The first-order chi connectivity index (χ1) is 15.8. The molecule has 1 amide bonds. The van der Waals surface area contributed by atoms with Crippen LogP contribution in [0.25, 0.3) is 22.2 Å². The molecule has 0 unspecified atom stereocenters. The summed E-state index contributed by atoms with van der Waals surface area (Å²) in [6, 6.07) is 13.7. The second-order valence-electron chi connectivity index (χ2n) is 8.63. The molecule has 1 N–H and O–H groups in total. The maximum absolute atomic E-state index is 13.2. The van der Waals surface area contributed by atoms with Crippen molar-refractivity contribution in [2.75, 3.05) is 32.7 Å². The highest BCUT2D eigenvalue weighted by Crippen LogP contribution is 2.33. The molecule has 0 aliphatic carbocycles. The van der Waals surface area contributed by atoms with Crippen LogP contribution in [0.15, 0.2) is 42.5 Å². The number of benzene rings is 2. The molecule has 7 heteroatoms. The molecule has 1 saturated heterocycles. The second kappa shape index (κ2) is 9.89. The van der Waals surface area contributed by atoms with Crippen LogP contribution in [0.4, 0.5) is 0 Å². The summed E-state index contributed by atoms with van der Waals surface area (Å²) in [4.78, 5) is 32.8. The molecule has 0 atom stereocenters. The molecular weight excluding hydrogens is 438 g/mol. The third-order valence-corrected chi connectivity index (χ3v) is 6.73. The normalized spacial score (nSPS) is 14.6. The number of nitrogens with zero attached hydrogens (tertiary/aromatic N) is 3. The first-order valence-electron chi connectivity index (χ1n) is 11.2. The van der Waals surface area contributed by atoms with Gasteiger partial charge >= 0.3 is 5.97 Å². The number of aryl methyl sites for hydroxylation is 1. The number of rotatable bonds is 6. The van der Waals surface area contributed by atoms with Crippen LogP contribution in [0.1, 0.15) is 34.3 Å². The molecule has 0 spiro atoms. The van der Waals surface area contributed by atoms with Gasteiger partial charge in [-0.3, -0.25) is 14.5 Å². The fraction of sp³-hybridized carbons (Fsp3) is 0.346. The van der Waals surface area contributed by atoms with E-state index in [2.05, 4.69) is 17.0 Å². The van der Waals surface area contributed by atoms with E-state index in [-0.39, 0.29) is 12.3 Å². The number of halogens is 1. The van der Waals surface area contributed by atoms with Crippen LogP contribution in [0, 0.1) is 13.8 Å². The predicted molar refractivity (Wildman–Crippen MR) is 131 cm³/mol. The van der Waals surface area contributed by atoms with E-state index in [1.807, 2.05) is 49.1 Å². The van der Waals surface area contributed by atoms with Gasteiger partial charge in [-0.25, -0.2) is 4.98 Å². The molecule has 1 aromatic heterocycles. The summed E-state index contributed by atoms with van der Waals surface area (Å²) >= 11 is 6.69. The highest BCUT2D eigenvalue weighted by Gasteiger charge is 2.23. The summed E-state index contributed by atoms with van der Waals surface area (Å²) in [5.41, 5.74) is 5.23. The maximum Gasteiger partial charge on any atom is 0.303 e. The smallest absolute Gasteiger partial charge is 0.303 e. The zero-order valence-corrected chi connectivity index (χ0v) is 19.7. The SMILES string of the molecule is Cc1ccc(-c2nc3cc(C(=O)N4CCN(CCCC(=O)O)CC4)ccc3c(Cl)c2C)cc1. The van der Waals surface area contributed by atoms with E-state index < -0.39 is 5.97 Å². The Morgan fingerprint density at radius 2 is 1.73 bits per heavy atom. The molecule has 6 nitrogen and oxygen atoms in total. The van der Waals surface area contributed by atoms with Crippen molar-refractivity contribution >= 4 is 34.4 Å². The summed E-state index contributed by atoms with van der Waals surface area (Å²) in [7, 11) is 0. The minimum Gasteiger partial charge on any atom is -0.481 e. The molecular formula is C26H28ClN3O3. The van der Waals surface area contributed by atoms with Crippen molar-refractivity contribution in [3.8, 4) is 11.3 Å². The fourth-order valence-electron chi connectivity index (χ4n) is 4.26. The Hall–Kier alpha value is -2.96. The Bertz CT molecular complexity index is 1190. The number of hydrogen-bond acceptors (Lipinski definition) is 4. The molecule has 0 bridgehead atoms. The molecule has 0 radical (unpaired) electrons. The van der Waals surface area contributed by atoms with Crippen molar-refractivity contribution < 1.29 is 14.7 Å². The number of hydrogen-bond donors (Lipinski definition) is 1. The summed E-state index contributed by atoms with van der Waals surface area (Å²) in [5, 5.41) is 10.3. The van der Waals surface area contributed by atoms with Crippen LogP contribution in [-0.2, 0) is 4.79 Å². The molecule has 1 aliphatic rings. The average Bonchev–Trinajstić information content (AvgIpc) is 2.81. The van der Waals surface area contributed by atoms with E-state index in [1.54, 1.807) is 0 Å². The Balaban J connectivity index is 1.53. The number of aromatic nitrogens is 1. The van der Waals surface area contributed by atoms with E-state index in [0.29, 0.717) is 35.6 Å². The van der Waals surface area contributed by atoms with Crippen LogP contribution < -0.4 is 0 Å². The van der Waals surface area contributed by atoms with Crippen LogP contribution in [0.2, 0.25) is 5.02 Å². The topological polar surface area (TPSA) is 73.7 Å². The lowest BCUT2D eigenvalue weighted by Gasteiger charge is -2.34. The van der Waals surface area contributed by atoms with Crippen molar-refractivity contribution in [1.82, 2.24) is 14.8 Å². The van der Waals surface area contributed by atoms with Gasteiger partial charge in [0.15, 0.2) is 0 Å². The van der Waals surface area contributed by atoms with Gasteiger partial charge in [0.05, 0.1) is 16.2 Å².